The molecule has 1 amide bonds. The van der Waals surface area contributed by atoms with E-state index in [4.69, 9.17) is 9.47 Å². The molecule has 1 aliphatic heterocycles. The minimum Gasteiger partial charge on any atom is -0.497 e. The number of aromatic nitrogens is 1. The smallest absolute Gasteiger partial charge is 0.422 e. The first kappa shape index (κ1) is 23.5. The summed E-state index contributed by atoms with van der Waals surface area (Å²) < 4.78 is 47.5. The average molecular weight is 451 g/mol. The number of nitrogens with zero attached hydrogens (tertiary/aromatic N) is 2. The van der Waals surface area contributed by atoms with Crippen molar-refractivity contribution >= 4 is 17.5 Å². The van der Waals surface area contributed by atoms with E-state index >= 15 is 0 Å². The Kier molecular flexibility index (Phi) is 7.34. The van der Waals surface area contributed by atoms with Crippen molar-refractivity contribution in [1.82, 2.24) is 9.88 Å². The molecular formula is C22H24F3N3O4. The van der Waals surface area contributed by atoms with Crippen LogP contribution in [0.15, 0.2) is 36.4 Å². The molecule has 0 saturated carbocycles. The van der Waals surface area contributed by atoms with Gasteiger partial charge in [0.2, 0.25) is 0 Å². The van der Waals surface area contributed by atoms with E-state index in [0.717, 1.165) is 25.9 Å². The van der Waals surface area contributed by atoms with Crippen molar-refractivity contribution in [3.8, 4) is 11.5 Å². The van der Waals surface area contributed by atoms with E-state index in [1.165, 1.54) is 31.4 Å². The summed E-state index contributed by atoms with van der Waals surface area (Å²) in [4.78, 5) is 32.0. The molecule has 2 heterocycles. The summed E-state index contributed by atoms with van der Waals surface area (Å²) >= 11 is 0. The lowest BCUT2D eigenvalue weighted by Gasteiger charge is -2.27. The Morgan fingerprint density at radius 2 is 1.91 bits per heavy atom. The van der Waals surface area contributed by atoms with Gasteiger partial charge in [-0.2, -0.15) is 13.2 Å². The van der Waals surface area contributed by atoms with Crippen molar-refractivity contribution in [2.24, 2.45) is 5.92 Å². The van der Waals surface area contributed by atoms with Crippen LogP contribution in [0.3, 0.4) is 0 Å². The molecule has 10 heteroatoms. The Hall–Kier alpha value is -3.14. The number of benzene rings is 1. The monoisotopic (exact) mass is 451 g/mol. The zero-order valence-corrected chi connectivity index (χ0v) is 17.7. The Morgan fingerprint density at radius 3 is 2.56 bits per heavy atom. The van der Waals surface area contributed by atoms with Crippen LogP contribution in [0.2, 0.25) is 0 Å². The van der Waals surface area contributed by atoms with Crippen molar-refractivity contribution in [3.63, 3.8) is 0 Å². The van der Waals surface area contributed by atoms with E-state index in [-0.39, 0.29) is 40.3 Å². The second-order valence-electron chi connectivity index (χ2n) is 7.57. The second-order valence-corrected chi connectivity index (χ2v) is 7.57. The number of rotatable bonds is 7. The van der Waals surface area contributed by atoms with E-state index in [1.54, 1.807) is 12.1 Å². The molecule has 32 heavy (non-hydrogen) atoms. The number of hydrogen-bond acceptors (Lipinski definition) is 6. The van der Waals surface area contributed by atoms with Crippen LogP contribution < -0.4 is 14.8 Å². The summed E-state index contributed by atoms with van der Waals surface area (Å²) in [7, 11) is 3.37. The van der Waals surface area contributed by atoms with Gasteiger partial charge in [0, 0.05) is 5.92 Å². The van der Waals surface area contributed by atoms with Crippen molar-refractivity contribution in [1.29, 1.82) is 0 Å². The van der Waals surface area contributed by atoms with E-state index in [2.05, 4.69) is 15.2 Å². The zero-order chi connectivity index (χ0) is 23.3. The van der Waals surface area contributed by atoms with Gasteiger partial charge < -0.3 is 19.7 Å². The molecule has 3 rings (SSSR count). The lowest BCUT2D eigenvalue weighted by Crippen LogP contribution is -2.33. The van der Waals surface area contributed by atoms with E-state index in [9.17, 15) is 22.8 Å². The fraction of sp³-hybridized carbons (Fsp3) is 0.409. The molecule has 1 N–H and O–H groups in total. The van der Waals surface area contributed by atoms with Crippen molar-refractivity contribution in [3.05, 3.63) is 47.7 Å². The fourth-order valence-corrected chi connectivity index (χ4v) is 3.40. The number of methoxy groups -OCH3 is 1. The number of carbonyl (C=O) groups is 2. The quantitative estimate of drug-likeness (QED) is 0.645. The number of ether oxygens (including phenoxy) is 2. The molecule has 1 aliphatic rings. The highest BCUT2D eigenvalue weighted by molar-refractivity contribution is 6.06. The number of hydrogen-bond donors (Lipinski definition) is 1. The number of piperidine rings is 1. The summed E-state index contributed by atoms with van der Waals surface area (Å²) in [5.74, 6) is -0.834. The zero-order valence-electron chi connectivity index (χ0n) is 17.7. The van der Waals surface area contributed by atoms with Gasteiger partial charge in [0.15, 0.2) is 12.4 Å². The number of pyridine rings is 1. The van der Waals surface area contributed by atoms with Gasteiger partial charge in [-0.25, -0.2) is 4.98 Å². The maximum atomic E-state index is 12.8. The van der Waals surface area contributed by atoms with Gasteiger partial charge in [-0.1, -0.05) is 6.07 Å². The third-order valence-corrected chi connectivity index (χ3v) is 5.16. The summed E-state index contributed by atoms with van der Waals surface area (Å²) in [6, 6.07) is 8.57. The SMILES string of the molecule is COc1ccc(OCC(F)(F)F)c(C(=O)Nc2cccc(C(=O)C3CCN(C)CC3)n2)c1. The first-order valence-corrected chi connectivity index (χ1v) is 10.0. The number of alkyl halides is 3. The first-order chi connectivity index (χ1) is 15.2. The molecule has 1 aromatic heterocycles. The van der Waals surface area contributed by atoms with Crippen LogP contribution in [0.25, 0.3) is 0 Å². The standard InChI is InChI=1S/C22H24F3N3O4/c1-28-10-8-14(9-11-28)20(29)17-4-3-5-19(26-17)27-21(30)16-12-15(31-2)6-7-18(16)32-13-22(23,24)25/h3-7,12,14H,8-11,13H2,1-2H3,(H,26,27,30). The summed E-state index contributed by atoms with van der Waals surface area (Å²) in [5, 5.41) is 2.53. The number of amides is 1. The van der Waals surface area contributed by atoms with Crippen molar-refractivity contribution in [2.45, 2.75) is 19.0 Å². The van der Waals surface area contributed by atoms with Gasteiger partial charge in [-0.3, -0.25) is 9.59 Å². The fourth-order valence-electron chi connectivity index (χ4n) is 3.40. The second kappa shape index (κ2) is 9.99. The van der Waals surface area contributed by atoms with E-state index in [1.807, 2.05) is 7.05 Å². The van der Waals surface area contributed by atoms with Gasteiger partial charge in [0.05, 0.1) is 12.7 Å². The highest BCUT2D eigenvalue weighted by Crippen LogP contribution is 2.27. The van der Waals surface area contributed by atoms with E-state index < -0.39 is 18.7 Å². The topological polar surface area (TPSA) is 80.8 Å². The molecule has 0 spiro atoms. The van der Waals surface area contributed by atoms with Crippen LogP contribution in [0.4, 0.5) is 19.0 Å². The molecule has 0 radical (unpaired) electrons. The summed E-state index contributed by atoms with van der Waals surface area (Å²) in [6.45, 7) is 0.102. The number of carbonyl (C=O) groups excluding carboxylic acids is 2. The molecule has 1 fully saturated rings. The molecule has 0 aliphatic carbocycles. The third kappa shape index (κ3) is 6.19. The molecule has 7 nitrogen and oxygen atoms in total. The van der Waals surface area contributed by atoms with Crippen LogP contribution in [0.5, 0.6) is 11.5 Å². The minimum absolute atomic E-state index is 0.0928. The van der Waals surface area contributed by atoms with Gasteiger partial charge in [-0.15, -0.1) is 0 Å². The molecule has 0 bridgehead atoms. The molecule has 0 unspecified atom stereocenters. The molecule has 172 valence electrons. The van der Waals surface area contributed by atoms with Crippen LogP contribution in [0.1, 0.15) is 33.7 Å². The lowest BCUT2D eigenvalue weighted by molar-refractivity contribution is -0.153. The van der Waals surface area contributed by atoms with Gasteiger partial charge in [0.25, 0.3) is 5.91 Å². The van der Waals surface area contributed by atoms with E-state index in [0.29, 0.717) is 0 Å². The van der Waals surface area contributed by atoms with Crippen LogP contribution in [-0.4, -0.2) is 61.6 Å². The predicted molar refractivity (Wildman–Crippen MR) is 111 cm³/mol. The number of halogens is 3. The predicted octanol–water partition coefficient (Wildman–Crippen LogP) is 3.81. The molecule has 2 aromatic rings. The molecule has 0 atom stereocenters. The lowest BCUT2D eigenvalue weighted by atomic mass is 9.91. The number of anilines is 1. The normalized spacial score (nSPS) is 15.3. The third-order valence-electron chi connectivity index (χ3n) is 5.16. The summed E-state index contributed by atoms with van der Waals surface area (Å²) in [6.07, 6.45) is -3.09. The van der Waals surface area contributed by atoms with Gasteiger partial charge >= 0.3 is 6.18 Å². The Morgan fingerprint density at radius 1 is 1.19 bits per heavy atom. The maximum absolute atomic E-state index is 12.8. The molecular weight excluding hydrogens is 427 g/mol. The Balaban J connectivity index is 1.77. The summed E-state index contributed by atoms with van der Waals surface area (Å²) in [5.41, 5.74) is 0.0824. The first-order valence-electron chi connectivity index (χ1n) is 10.0. The largest absolute Gasteiger partial charge is 0.497 e. The average Bonchev–Trinajstić information content (AvgIpc) is 2.77. The van der Waals surface area contributed by atoms with Crippen LogP contribution >= 0.6 is 0 Å². The van der Waals surface area contributed by atoms with Crippen molar-refractivity contribution in [2.75, 3.05) is 39.2 Å². The van der Waals surface area contributed by atoms with Gasteiger partial charge in [-0.05, 0) is 63.3 Å². The number of likely N-dealkylation sites (tertiary alicyclic amines) is 1. The number of Topliss-reactive ketones (excluding diaryl/α,β-unsaturated/α-hetero) is 1. The number of ketones is 1. The highest BCUT2D eigenvalue weighted by atomic mass is 19.4. The van der Waals surface area contributed by atoms with Crippen LogP contribution in [0, 0.1) is 5.92 Å². The maximum Gasteiger partial charge on any atom is 0.422 e. The van der Waals surface area contributed by atoms with Crippen LogP contribution in [-0.2, 0) is 0 Å². The minimum atomic E-state index is -4.56. The van der Waals surface area contributed by atoms with Crippen molar-refractivity contribution < 1.29 is 32.2 Å². The molecule has 1 aromatic carbocycles. The molecule has 1 saturated heterocycles. The number of nitrogens with one attached hydrogen (secondary N) is 1. The van der Waals surface area contributed by atoms with Gasteiger partial charge in [0.1, 0.15) is 23.0 Å². The Labute approximate surface area is 183 Å². The highest BCUT2D eigenvalue weighted by Gasteiger charge is 2.30. The Bertz CT molecular complexity index is 973.